The van der Waals surface area contributed by atoms with Gasteiger partial charge in [0.15, 0.2) is 0 Å². The van der Waals surface area contributed by atoms with E-state index in [1.807, 2.05) is 30.3 Å². The number of nitrogens with one attached hydrogen (secondary N) is 1. The van der Waals surface area contributed by atoms with E-state index in [9.17, 15) is 27.3 Å². The summed E-state index contributed by atoms with van der Waals surface area (Å²) in [5.41, 5.74) is 0.692. The Hall–Kier alpha value is -2.75. The fourth-order valence-electron chi connectivity index (χ4n) is 3.21. The second kappa shape index (κ2) is 8.09. The third kappa shape index (κ3) is 4.22. The molecule has 0 saturated carbocycles. The molecule has 28 heavy (non-hydrogen) atoms. The first-order chi connectivity index (χ1) is 13.3. The van der Waals surface area contributed by atoms with E-state index in [-0.39, 0.29) is 11.7 Å². The third-order valence-corrected chi connectivity index (χ3v) is 6.09. The molecule has 2 aromatic carbocycles. The van der Waals surface area contributed by atoms with Crippen molar-refractivity contribution in [3.63, 3.8) is 0 Å². The van der Waals surface area contributed by atoms with Crippen LogP contribution in [-0.4, -0.2) is 38.2 Å². The Morgan fingerprint density at radius 3 is 2.32 bits per heavy atom. The molecule has 2 aromatic rings. The molecule has 150 valence electrons. The van der Waals surface area contributed by atoms with Crippen LogP contribution in [0.5, 0.6) is 0 Å². The van der Waals surface area contributed by atoms with Crippen LogP contribution < -0.4 is 10.2 Å². The minimum Gasteiger partial charge on any atom is -0.377 e. The molecule has 0 atom stereocenters. The number of hydrogen-bond acceptors (Lipinski definition) is 6. The van der Waals surface area contributed by atoms with E-state index in [2.05, 4.69) is 10.2 Å². The first-order valence-electron chi connectivity index (χ1n) is 8.66. The Kier molecular flexibility index (Phi) is 5.78. The van der Waals surface area contributed by atoms with Gasteiger partial charge in [-0.1, -0.05) is 18.2 Å². The van der Waals surface area contributed by atoms with Gasteiger partial charge in [0.2, 0.25) is 9.84 Å². The maximum absolute atomic E-state index is 12.7. The zero-order valence-corrected chi connectivity index (χ0v) is 15.6. The standard InChI is InChI=1S/C18H19F2N3O4S/c19-18(20)28(26,27)15-6-7-16(17(12-15)23(24)25)21-13-8-10-22(11-9-13)14-4-2-1-3-5-14/h1-7,12-13,18,21H,8-11H2. The van der Waals surface area contributed by atoms with Gasteiger partial charge in [0.05, 0.1) is 9.82 Å². The maximum Gasteiger partial charge on any atom is 0.341 e. The van der Waals surface area contributed by atoms with Gasteiger partial charge in [0, 0.05) is 30.9 Å². The molecule has 0 aromatic heterocycles. The predicted molar refractivity (Wildman–Crippen MR) is 102 cm³/mol. The lowest BCUT2D eigenvalue weighted by atomic mass is 10.0. The number of anilines is 2. The van der Waals surface area contributed by atoms with Crippen LogP contribution >= 0.6 is 0 Å². The van der Waals surface area contributed by atoms with E-state index in [1.165, 1.54) is 6.07 Å². The molecule has 0 radical (unpaired) electrons. The number of piperidine rings is 1. The molecule has 10 heteroatoms. The SMILES string of the molecule is O=[N+]([O-])c1cc(S(=O)(=O)C(F)F)ccc1NC1CCN(c2ccccc2)CC1. The van der Waals surface area contributed by atoms with Crippen LogP contribution in [0.4, 0.5) is 25.8 Å². The summed E-state index contributed by atoms with van der Waals surface area (Å²) in [6, 6.07) is 12.7. The highest BCUT2D eigenvalue weighted by molar-refractivity contribution is 7.91. The van der Waals surface area contributed by atoms with E-state index in [0.29, 0.717) is 6.07 Å². The molecule has 0 bridgehead atoms. The van der Waals surface area contributed by atoms with Gasteiger partial charge in [-0.2, -0.15) is 8.78 Å². The average Bonchev–Trinajstić information content (AvgIpc) is 2.69. The number of halogens is 2. The minimum absolute atomic E-state index is 0.0452. The van der Waals surface area contributed by atoms with Crippen molar-refractivity contribution in [2.24, 2.45) is 0 Å². The second-order valence-corrected chi connectivity index (χ2v) is 8.40. The highest BCUT2D eigenvalue weighted by Crippen LogP contribution is 2.31. The van der Waals surface area contributed by atoms with Gasteiger partial charge in [-0.25, -0.2) is 8.42 Å². The van der Waals surface area contributed by atoms with Crippen molar-refractivity contribution < 1.29 is 22.1 Å². The lowest BCUT2D eigenvalue weighted by Crippen LogP contribution is -2.39. The molecule has 1 N–H and O–H groups in total. The number of benzene rings is 2. The Labute approximate surface area is 161 Å². The Morgan fingerprint density at radius 1 is 1.11 bits per heavy atom. The molecule has 0 aliphatic carbocycles. The van der Waals surface area contributed by atoms with Crippen molar-refractivity contribution in [2.45, 2.75) is 29.5 Å². The van der Waals surface area contributed by atoms with E-state index in [1.54, 1.807) is 0 Å². The number of nitrogens with zero attached hydrogens (tertiary/aromatic N) is 2. The van der Waals surface area contributed by atoms with Crippen molar-refractivity contribution in [1.82, 2.24) is 0 Å². The minimum atomic E-state index is -4.89. The highest BCUT2D eigenvalue weighted by Gasteiger charge is 2.30. The average molecular weight is 411 g/mol. The molecule has 7 nitrogen and oxygen atoms in total. The quantitative estimate of drug-likeness (QED) is 0.576. The van der Waals surface area contributed by atoms with Gasteiger partial charge in [-0.15, -0.1) is 0 Å². The normalized spacial score (nSPS) is 15.6. The number of para-hydroxylation sites is 1. The van der Waals surface area contributed by atoms with Crippen molar-refractivity contribution in [3.8, 4) is 0 Å². The Balaban J connectivity index is 1.73. The Bertz CT molecular complexity index is 947. The number of rotatable bonds is 6. The summed E-state index contributed by atoms with van der Waals surface area (Å²) in [5.74, 6) is -3.63. The van der Waals surface area contributed by atoms with Crippen molar-refractivity contribution in [3.05, 3.63) is 58.6 Å². The summed E-state index contributed by atoms with van der Waals surface area (Å²) in [6.45, 7) is 1.51. The summed E-state index contributed by atoms with van der Waals surface area (Å²) in [6.07, 6.45) is 1.45. The summed E-state index contributed by atoms with van der Waals surface area (Å²) in [5, 5.41) is 14.4. The first kappa shape index (κ1) is 20.0. The fraction of sp³-hybridized carbons (Fsp3) is 0.333. The van der Waals surface area contributed by atoms with E-state index in [4.69, 9.17) is 0 Å². The molecule has 1 heterocycles. The van der Waals surface area contributed by atoms with Gasteiger partial charge in [-0.3, -0.25) is 10.1 Å². The molecule has 1 aliphatic heterocycles. The molecule has 1 saturated heterocycles. The number of sulfone groups is 1. The lowest BCUT2D eigenvalue weighted by Gasteiger charge is -2.34. The molecule has 0 spiro atoms. The second-order valence-electron chi connectivity index (χ2n) is 6.48. The van der Waals surface area contributed by atoms with Crippen LogP contribution in [0.3, 0.4) is 0 Å². The van der Waals surface area contributed by atoms with Gasteiger partial charge in [0.25, 0.3) is 5.69 Å². The van der Waals surface area contributed by atoms with E-state index < -0.39 is 31.1 Å². The first-order valence-corrected chi connectivity index (χ1v) is 10.2. The molecule has 1 aliphatic rings. The monoisotopic (exact) mass is 411 g/mol. The number of hydrogen-bond donors (Lipinski definition) is 1. The Morgan fingerprint density at radius 2 is 1.75 bits per heavy atom. The zero-order chi connectivity index (χ0) is 20.3. The molecule has 1 fully saturated rings. The van der Waals surface area contributed by atoms with Crippen LogP contribution in [0, 0.1) is 10.1 Å². The van der Waals surface area contributed by atoms with Crippen LogP contribution in [0.15, 0.2) is 53.4 Å². The van der Waals surface area contributed by atoms with Gasteiger partial charge >= 0.3 is 5.76 Å². The number of alkyl halides is 2. The number of nitro groups is 1. The van der Waals surface area contributed by atoms with E-state index in [0.717, 1.165) is 37.7 Å². The number of nitro benzene ring substituents is 1. The van der Waals surface area contributed by atoms with E-state index >= 15 is 0 Å². The molecule has 0 unspecified atom stereocenters. The van der Waals surface area contributed by atoms with Crippen LogP contribution in [-0.2, 0) is 9.84 Å². The molecular weight excluding hydrogens is 392 g/mol. The van der Waals surface area contributed by atoms with Gasteiger partial charge in [-0.05, 0) is 37.1 Å². The lowest BCUT2D eigenvalue weighted by molar-refractivity contribution is -0.384. The van der Waals surface area contributed by atoms with Crippen molar-refractivity contribution >= 4 is 26.9 Å². The summed E-state index contributed by atoms with van der Waals surface area (Å²) in [7, 11) is -4.89. The third-order valence-electron chi connectivity index (χ3n) is 4.70. The zero-order valence-electron chi connectivity index (χ0n) is 14.8. The largest absolute Gasteiger partial charge is 0.377 e. The van der Waals surface area contributed by atoms with Gasteiger partial charge < -0.3 is 10.2 Å². The smallest absolute Gasteiger partial charge is 0.341 e. The fourth-order valence-corrected chi connectivity index (χ4v) is 3.94. The van der Waals surface area contributed by atoms with Crippen molar-refractivity contribution in [1.29, 1.82) is 0 Å². The summed E-state index contributed by atoms with van der Waals surface area (Å²) < 4.78 is 48.6. The van der Waals surface area contributed by atoms with Crippen molar-refractivity contribution in [2.75, 3.05) is 23.3 Å². The topological polar surface area (TPSA) is 92.5 Å². The molecule has 3 rings (SSSR count). The van der Waals surface area contributed by atoms with Crippen LogP contribution in [0.2, 0.25) is 0 Å². The maximum atomic E-state index is 12.7. The van der Waals surface area contributed by atoms with Gasteiger partial charge in [0.1, 0.15) is 5.69 Å². The van der Waals surface area contributed by atoms with Crippen LogP contribution in [0.25, 0.3) is 0 Å². The van der Waals surface area contributed by atoms with Crippen LogP contribution in [0.1, 0.15) is 12.8 Å². The molecule has 0 amide bonds. The predicted octanol–water partition coefficient (Wildman–Crippen LogP) is 3.67. The summed E-state index contributed by atoms with van der Waals surface area (Å²) in [4.78, 5) is 12.0. The molecular formula is C18H19F2N3O4S. The highest BCUT2D eigenvalue weighted by atomic mass is 32.2. The summed E-state index contributed by atoms with van der Waals surface area (Å²) >= 11 is 0.